The monoisotopic (exact) mass is 309 g/mol. The van der Waals surface area contributed by atoms with Crippen molar-refractivity contribution in [3.63, 3.8) is 0 Å². The van der Waals surface area contributed by atoms with Crippen LogP contribution in [0.5, 0.6) is 0 Å². The van der Waals surface area contributed by atoms with Crippen molar-refractivity contribution in [1.82, 2.24) is 0 Å². The second-order valence-electron chi connectivity index (χ2n) is 4.26. The van der Waals surface area contributed by atoms with Gasteiger partial charge in [-0.05, 0) is 30.3 Å². The van der Waals surface area contributed by atoms with Gasteiger partial charge in [-0.15, -0.1) is 0 Å². The van der Waals surface area contributed by atoms with Crippen molar-refractivity contribution in [2.75, 3.05) is 11.4 Å². The third-order valence-electron chi connectivity index (χ3n) is 2.94. The van der Waals surface area contributed by atoms with E-state index in [0.29, 0.717) is 5.69 Å². The number of anilines is 1. The number of sulfonamides is 1. The lowest BCUT2D eigenvalue weighted by atomic mass is 10.2. The number of rotatable bonds is 4. The van der Waals surface area contributed by atoms with Crippen LogP contribution in [0.25, 0.3) is 0 Å². The minimum absolute atomic E-state index is 0.295. The lowest BCUT2D eigenvalue weighted by molar-refractivity contribution is 0.0696. The molecule has 0 bridgehead atoms. The van der Waals surface area contributed by atoms with Crippen molar-refractivity contribution in [1.29, 1.82) is 0 Å². The van der Waals surface area contributed by atoms with Crippen molar-refractivity contribution >= 4 is 21.7 Å². The van der Waals surface area contributed by atoms with Crippen molar-refractivity contribution in [2.45, 2.75) is 4.90 Å². The zero-order valence-corrected chi connectivity index (χ0v) is 11.8. The fourth-order valence-corrected chi connectivity index (χ4v) is 3.04. The summed E-state index contributed by atoms with van der Waals surface area (Å²) in [7, 11) is -2.91. The van der Waals surface area contributed by atoms with Gasteiger partial charge < -0.3 is 5.11 Å². The summed E-state index contributed by atoms with van der Waals surface area (Å²) in [6.45, 7) is 0. The summed E-state index contributed by atoms with van der Waals surface area (Å²) < 4.78 is 39.5. The number of carboxylic acids is 1. The van der Waals surface area contributed by atoms with Gasteiger partial charge in [-0.3, -0.25) is 4.31 Å². The van der Waals surface area contributed by atoms with Crippen LogP contribution in [0.15, 0.2) is 53.4 Å². The average molecular weight is 309 g/mol. The van der Waals surface area contributed by atoms with Crippen LogP contribution in [0.4, 0.5) is 10.1 Å². The third kappa shape index (κ3) is 2.87. The lowest BCUT2D eigenvalue weighted by Crippen LogP contribution is -2.27. The molecule has 2 aromatic carbocycles. The van der Waals surface area contributed by atoms with E-state index < -0.39 is 26.7 Å². The topological polar surface area (TPSA) is 74.7 Å². The van der Waals surface area contributed by atoms with Crippen LogP contribution in [0.2, 0.25) is 0 Å². The van der Waals surface area contributed by atoms with Crippen LogP contribution in [0.1, 0.15) is 10.4 Å². The first kappa shape index (κ1) is 15.0. The smallest absolute Gasteiger partial charge is 0.335 e. The van der Waals surface area contributed by atoms with E-state index in [2.05, 4.69) is 0 Å². The minimum atomic E-state index is -4.18. The summed E-state index contributed by atoms with van der Waals surface area (Å²) in [6.07, 6.45) is 0. The fraction of sp³-hybridized carbons (Fsp3) is 0.0714. The Labute approximate surface area is 121 Å². The molecule has 0 radical (unpaired) electrons. The highest BCUT2D eigenvalue weighted by molar-refractivity contribution is 7.92. The molecule has 1 N–H and O–H groups in total. The molecule has 0 spiro atoms. The number of halogens is 1. The molecule has 7 heteroatoms. The molecule has 0 aliphatic rings. The molecule has 0 saturated heterocycles. The Morgan fingerprint density at radius 3 is 2.33 bits per heavy atom. The predicted molar refractivity (Wildman–Crippen MR) is 75.4 cm³/mol. The van der Waals surface area contributed by atoms with Gasteiger partial charge in [0.15, 0.2) is 0 Å². The molecule has 0 aliphatic carbocycles. The van der Waals surface area contributed by atoms with Crippen LogP contribution >= 0.6 is 0 Å². The Kier molecular flexibility index (Phi) is 3.95. The van der Waals surface area contributed by atoms with Gasteiger partial charge in [0.1, 0.15) is 10.7 Å². The molecular formula is C14H12FNO4S. The first-order valence-electron chi connectivity index (χ1n) is 5.91. The van der Waals surface area contributed by atoms with Gasteiger partial charge >= 0.3 is 5.97 Å². The quantitative estimate of drug-likeness (QED) is 0.940. The molecule has 0 aromatic heterocycles. The number of nitrogens with zero attached hydrogens (tertiary/aromatic N) is 1. The van der Waals surface area contributed by atoms with E-state index >= 15 is 0 Å². The molecule has 0 unspecified atom stereocenters. The fourth-order valence-electron chi connectivity index (χ4n) is 1.76. The SMILES string of the molecule is CN(c1ccccc1)S(=O)(=O)c1cc(C(=O)O)ccc1F. The summed E-state index contributed by atoms with van der Waals surface area (Å²) in [5.41, 5.74) is 0.0501. The zero-order valence-electron chi connectivity index (χ0n) is 11.0. The van der Waals surface area contributed by atoms with Crippen molar-refractivity contribution in [2.24, 2.45) is 0 Å². The molecule has 21 heavy (non-hydrogen) atoms. The van der Waals surface area contributed by atoms with Gasteiger partial charge in [-0.1, -0.05) is 18.2 Å². The van der Waals surface area contributed by atoms with Gasteiger partial charge in [-0.25, -0.2) is 17.6 Å². The van der Waals surface area contributed by atoms with Crippen LogP contribution in [0.3, 0.4) is 0 Å². The molecular weight excluding hydrogens is 297 g/mol. The van der Waals surface area contributed by atoms with Crippen molar-refractivity contribution in [3.8, 4) is 0 Å². The van der Waals surface area contributed by atoms with E-state index in [1.54, 1.807) is 30.3 Å². The first-order valence-corrected chi connectivity index (χ1v) is 7.35. The predicted octanol–water partition coefficient (Wildman–Crippen LogP) is 2.35. The van der Waals surface area contributed by atoms with Crippen LogP contribution in [-0.4, -0.2) is 26.5 Å². The molecule has 2 aromatic rings. The van der Waals surface area contributed by atoms with Crippen molar-refractivity contribution < 1.29 is 22.7 Å². The number of hydrogen-bond donors (Lipinski definition) is 1. The Hall–Kier alpha value is -2.41. The highest BCUT2D eigenvalue weighted by atomic mass is 32.2. The van der Waals surface area contributed by atoms with Gasteiger partial charge in [0.25, 0.3) is 10.0 Å². The Morgan fingerprint density at radius 2 is 1.76 bits per heavy atom. The molecule has 0 fully saturated rings. The standard InChI is InChI=1S/C14H12FNO4S/c1-16(11-5-3-2-4-6-11)21(19,20)13-9-10(14(17)18)7-8-12(13)15/h2-9H,1H3,(H,17,18). The third-order valence-corrected chi connectivity index (χ3v) is 4.74. The molecule has 110 valence electrons. The minimum Gasteiger partial charge on any atom is -0.478 e. The maximum Gasteiger partial charge on any atom is 0.335 e. The summed E-state index contributed by atoms with van der Waals surface area (Å²) in [6, 6.07) is 10.8. The number of carbonyl (C=O) groups is 1. The molecule has 2 rings (SSSR count). The van der Waals surface area contributed by atoms with Crippen LogP contribution in [0, 0.1) is 5.82 Å². The first-order chi connectivity index (χ1) is 9.84. The number of para-hydroxylation sites is 1. The lowest BCUT2D eigenvalue weighted by Gasteiger charge is -2.19. The number of benzene rings is 2. The molecule has 0 aliphatic heterocycles. The average Bonchev–Trinajstić information content (AvgIpc) is 2.47. The highest BCUT2D eigenvalue weighted by Crippen LogP contribution is 2.24. The van der Waals surface area contributed by atoms with Gasteiger partial charge in [0.05, 0.1) is 11.3 Å². The molecule has 0 atom stereocenters. The second kappa shape index (κ2) is 5.53. The summed E-state index contributed by atoms with van der Waals surface area (Å²) in [5, 5.41) is 8.89. The van der Waals surface area contributed by atoms with E-state index in [0.717, 1.165) is 22.5 Å². The molecule has 0 heterocycles. The van der Waals surface area contributed by atoms with E-state index in [1.807, 2.05) is 0 Å². The normalized spacial score (nSPS) is 11.1. The summed E-state index contributed by atoms with van der Waals surface area (Å²) >= 11 is 0. The Bertz CT molecular complexity index is 775. The molecule has 0 amide bonds. The Balaban J connectivity index is 2.54. The van der Waals surface area contributed by atoms with Gasteiger partial charge in [0.2, 0.25) is 0 Å². The highest BCUT2D eigenvalue weighted by Gasteiger charge is 2.26. The summed E-state index contributed by atoms with van der Waals surface area (Å²) in [4.78, 5) is 10.2. The number of hydrogen-bond acceptors (Lipinski definition) is 3. The maximum absolute atomic E-state index is 13.8. The molecule has 0 saturated carbocycles. The Morgan fingerprint density at radius 1 is 1.14 bits per heavy atom. The van der Waals surface area contributed by atoms with Crippen molar-refractivity contribution in [3.05, 3.63) is 59.9 Å². The van der Waals surface area contributed by atoms with E-state index in [9.17, 15) is 17.6 Å². The van der Waals surface area contributed by atoms with Gasteiger partial charge in [0, 0.05) is 7.05 Å². The largest absolute Gasteiger partial charge is 0.478 e. The maximum atomic E-state index is 13.8. The van der Waals surface area contributed by atoms with Crippen LogP contribution in [-0.2, 0) is 10.0 Å². The summed E-state index contributed by atoms with van der Waals surface area (Å²) in [5.74, 6) is -2.32. The van der Waals surface area contributed by atoms with E-state index in [4.69, 9.17) is 5.11 Å². The van der Waals surface area contributed by atoms with Gasteiger partial charge in [-0.2, -0.15) is 0 Å². The number of carboxylic acid groups (broad SMARTS) is 1. The molecule has 5 nitrogen and oxygen atoms in total. The number of aromatic carboxylic acids is 1. The zero-order chi connectivity index (χ0) is 15.6. The van der Waals surface area contributed by atoms with E-state index in [1.165, 1.54) is 7.05 Å². The second-order valence-corrected chi connectivity index (χ2v) is 6.20. The van der Waals surface area contributed by atoms with Crippen LogP contribution < -0.4 is 4.31 Å². The van der Waals surface area contributed by atoms with E-state index in [-0.39, 0.29) is 5.56 Å².